The minimum Gasteiger partial charge on any atom is -0.489 e. The van der Waals surface area contributed by atoms with Crippen molar-refractivity contribution >= 4 is 46.9 Å². The van der Waals surface area contributed by atoms with E-state index in [2.05, 4.69) is 10.5 Å². The second-order valence-corrected chi connectivity index (χ2v) is 8.61. The Balaban J connectivity index is 1.33. The number of benzene rings is 4. The molecule has 0 bridgehead atoms. The first-order valence-corrected chi connectivity index (χ1v) is 11.6. The predicted octanol–water partition coefficient (Wildman–Crippen LogP) is 7.78. The summed E-state index contributed by atoms with van der Waals surface area (Å²) >= 11 is 17.9. The Morgan fingerprint density at radius 2 is 1.54 bits per heavy atom. The van der Waals surface area contributed by atoms with E-state index < -0.39 is 0 Å². The average Bonchev–Trinajstić information content (AvgIpc) is 2.87. The number of amides is 1. The van der Waals surface area contributed by atoms with E-state index in [1.54, 1.807) is 60.7 Å². The van der Waals surface area contributed by atoms with Crippen LogP contribution in [0, 0.1) is 0 Å². The number of para-hydroxylation sites is 1. The van der Waals surface area contributed by atoms with Gasteiger partial charge in [-0.05, 0) is 78.4 Å². The van der Waals surface area contributed by atoms with Gasteiger partial charge in [-0.15, -0.1) is 0 Å². The van der Waals surface area contributed by atoms with E-state index in [0.717, 1.165) is 5.56 Å². The summed E-state index contributed by atoms with van der Waals surface area (Å²) in [4.78, 5) is 12.5. The molecule has 0 saturated carbocycles. The Morgan fingerprint density at radius 1 is 0.829 bits per heavy atom. The molecule has 176 valence electrons. The van der Waals surface area contributed by atoms with Crippen LogP contribution in [0.2, 0.25) is 15.1 Å². The zero-order valence-electron chi connectivity index (χ0n) is 18.3. The molecule has 5 nitrogen and oxygen atoms in total. The highest BCUT2D eigenvalue weighted by Gasteiger charge is 2.07. The van der Waals surface area contributed by atoms with E-state index in [4.69, 9.17) is 44.3 Å². The van der Waals surface area contributed by atoms with Gasteiger partial charge in [-0.25, -0.2) is 5.43 Å². The second kappa shape index (κ2) is 11.8. The predicted molar refractivity (Wildman–Crippen MR) is 140 cm³/mol. The van der Waals surface area contributed by atoms with Crippen LogP contribution >= 0.6 is 34.8 Å². The third kappa shape index (κ3) is 6.99. The second-order valence-electron chi connectivity index (χ2n) is 7.35. The monoisotopic (exact) mass is 524 g/mol. The largest absolute Gasteiger partial charge is 0.489 e. The van der Waals surface area contributed by atoms with E-state index in [1.165, 1.54) is 6.21 Å². The Bertz CT molecular complexity index is 1340. The maximum absolute atomic E-state index is 12.5. The van der Waals surface area contributed by atoms with Crippen molar-refractivity contribution < 1.29 is 14.3 Å². The summed E-state index contributed by atoms with van der Waals surface area (Å²) in [6.07, 6.45) is 1.53. The fourth-order valence-electron chi connectivity index (χ4n) is 3.03. The zero-order chi connectivity index (χ0) is 24.6. The van der Waals surface area contributed by atoms with Crippen LogP contribution in [0.25, 0.3) is 0 Å². The van der Waals surface area contributed by atoms with Crippen molar-refractivity contribution in [1.29, 1.82) is 0 Å². The Morgan fingerprint density at radius 3 is 2.29 bits per heavy atom. The number of hydrazone groups is 1. The van der Waals surface area contributed by atoms with Crippen molar-refractivity contribution in [3.05, 3.63) is 123 Å². The Kier molecular flexibility index (Phi) is 8.27. The Labute approximate surface area is 217 Å². The van der Waals surface area contributed by atoms with Crippen LogP contribution in [-0.2, 0) is 6.61 Å². The third-order valence-electron chi connectivity index (χ3n) is 4.84. The zero-order valence-corrected chi connectivity index (χ0v) is 20.5. The first-order chi connectivity index (χ1) is 17.0. The van der Waals surface area contributed by atoms with E-state index in [-0.39, 0.29) is 5.91 Å². The first-order valence-electron chi connectivity index (χ1n) is 10.5. The molecule has 0 fully saturated rings. The molecule has 0 aliphatic carbocycles. The van der Waals surface area contributed by atoms with Gasteiger partial charge < -0.3 is 9.47 Å². The van der Waals surface area contributed by atoms with Crippen LogP contribution in [0.15, 0.2) is 96.1 Å². The van der Waals surface area contributed by atoms with E-state index in [9.17, 15) is 4.79 Å². The molecule has 4 aromatic carbocycles. The molecule has 4 rings (SSSR count). The Hall–Kier alpha value is -3.51. The minimum atomic E-state index is -0.353. The molecule has 0 aliphatic rings. The van der Waals surface area contributed by atoms with Crippen LogP contribution < -0.4 is 14.9 Å². The summed E-state index contributed by atoms with van der Waals surface area (Å²) in [5, 5.41) is 5.66. The minimum absolute atomic E-state index is 0.324. The molecule has 0 aromatic heterocycles. The molecule has 0 heterocycles. The van der Waals surface area contributed by atoms with Gasteiger partial charge in [0.15, 0.2) is 0 Å². The van der Waals surface area contributed by atoms with Crippen LogP contribution in [-0.4, -0.2) is 12.1 Å². The fourth-order valence-corrected chi connectivity index (χ4v) is 3.48. The number of nitrogens with zero attached hydrogens (tertiary/aromatic N) is 1. The summed E-state index contributed by atoms with van der Waals surface area (Å²) in [7, 11) is 0. The summed E-state index contributed by atoms with van der Waals surface area (Å²) in [5.41, 5.74) is 4.55. The summed E-state index contributed by atoms with van der Waals surface area (Å²) in [6.45, 7) is 0.324. The summed E-state index contributed by atoms with van der Waals surface area (Å²) in [5.74, 6) is 1.50. The van der Waals surface area contributed by atoms with Gasteiger partial charge in [-0.1, -0.05) is 53.0 Å². The fraction of sp³-hybridized carbons (Fsp3) is 0.0370. The maximum atomic E-state index is 12.5. The van der Waals surface area contributed by atoms with E-state index in [0.29, 0.717) is 50.1 Å². The molecule has 1 N–H and O–H groups in total. The lowest BCUT2D eigenvalue weighted by molar-refractivity contribution is 0.0955. The number of nitrogens with one attached hydrogen (secondary N) is 1. The number of carbonyl (C=O) groups is 1. The van der Waals surface area contributed by atoms with Gasteiger partial charge in [0.25, 0.3) is 5.91 Å². The van der Waals surface area contributed by atoms with Crippen LogP contribution in [0.3, 0.4) is 0 Å². The molecule has 0 unspecified atom stereocenters. The molecule has 1 amide bonds. The number of carbonyl (C=O) groups excluding carboxylic acids is 1. The molecule has 0 aliphatic heterocycles. The SMILES string of the molecule is O=C(N/N=C\c1ccccc1Oc1ccc(Cl)cc1)c1ccc(OCc2ccc(Cl)c(Cl)c2)cc1. The van der Waals surface area contributed by atoms with Gasteiger partial charge >= 0.3 is 0 Å². The van der Waals surface area contributed by atoms with Gasteiger partial charge in [-0.3, -0.25) is 4.79 Å². The molecule has 0 spiro atoms. The van der Waals surface area contributed by atoms with Crippen molar-refractivity contribution in [1.82, 2.24) is 5.43 Å². The van der Waals surface area contributed by atoms with Crippen molar-refractivity contribution in [3.8, 4) is 17.2 Å². The topological polar surface area (TPSA) is 59.9 Å². The lowest BCUT2D eigenvalue weighted by Crippen LogP contribution is -2.17. The summed E-state index contributed by atoms with van der Waals surface area (Å²) < 4.78 is 11.6. The number of rotatable bonds is 8. The molecule has 0 atom stereocenters. The van der Waals surface area contributed by atoms with Crippen molar-refractivity contribution in [3.63, 3.8) is 0 Å². The molecule has 0 saturated heterocycles. The normalized spacial score (nSPS) is 10.8. The van der Waals surface area contributed by atoms with Gasteiger partial charge in [-0.2, -0.15) is 5.10 Å². The third-order valence-corrected chi connectivity index (χ3v) is 5.83. The molecular weight excluding hydrogens is 507 g/mol. The van der Waals surface area contributed by atoms with Crippen molar-refractivity contribution in [2.45, 2.75) is 6.61 Å². The van der Waals surface area contributed by atoms with Gasteiger partial charge in [0.1, 0.15) is 23.9 Å². The number of ether oxygens (including phenoxy) is 2. The van der Waals surface area contributed by atoms with Crippen LogP contribution in [0.5, 0.6) is 17.2 Å². The smallest absolute Gasteiger partial charge is 0.271 e. The average molecular weight is 526 g/mol. The van der Waals surface area contributed by atoms with Crippen molar-refractivity contribution in [2.24, 2.45) is 5.10 Å². The molecule has 4 aromatic rings. The highest BCUT2D eigenvalue weighted by atomic mass is 35.5. The van der Waals surface area contributed by atoms with E-state index in [1.807, 2.05) is 30.3 Å². The maximum Gasteiger partial charge on any atom is 0.271 e. The molecule has 0 radical (unpaired) electrons. The van der Waals surface area contributed by atoms with Crippen LogP contribution in [0.4, 0.5) is 0 Å². The number of hydrogen-bond acceptors (Lipinski definition) is 4. The lowest BCUT2D eigenvalue weighted by atomic mass is 10.2. The molecular formula is C27H19Cl3N2O3. The molecule has 8 heteroatoms. The molecule has 35 heavy (non-hydrogen) atoms. The number of hydrogen-bond donors (Lipinski definition) is 1. The highest BCUT2D eigenvalue weighted by molar-refractivity contribution is 6.42. The van der Waals surface area contributed by atoms with Gasteiger partial charge in [0.2, 0.25) is 0 Å². The van der Waals surface area contributed by atoms with Gasteiger partial charge in [0, 0.05) is 16.1 Å². The van der Waals surface area contributed by atoms with Gasteiger partial charge in [0.05, 0.1) is 16.3 Å². The van der Waals surface area contributed by atoms with Crippen molar-refractivity contribution in [2.75, 3.05) is 0 Å². The summed E-state index contributed by atoms with van der Waals surface area (Å²) in [6, 6.07) is 26.5. The van der Waals surface area contributed by atoms with E-state index >= 15 is 0 Å². The number of halogens is 3. The highest BCUT2D eigenvalue weighted by Crippen LogP contribution is 2.26. The quantitative estimate of drug-likeness (QED) is 0.189. The first kappa shape index (κ1) is 24.6. The lowest BCUT2D eigenvalue weighted by Gasteiger charge is -2.09. The van der Waals surface area contributed by atoms with Crippen LogP contribution in [0.1, 0.15) is 21.5 Å². The standard InChI is InChI=1S/C27H19Cl3N2O3/c28-21-8-12-23(13-9-21)35-26-4-2-1-3-20(26)16-31-32-27(33)19-6-10-22(11-7-19)34-17-18-5-14-24(29)25(30)15-18/h1-16H,17H2,(H,32,33)/b31-16-.